The molecule has 19 heavy (non-hydrogen) atoms. The van der Waals surface area contributed by atoms with E-state index in [1.54, 1.807) is 13.0 Å². The number of aliphatic hydroxyl groups is 1. The van der Waals surface area contributed by atoms with Gasteiger partial charge in [0.25, 0.3) is 0 Å². The van der Waals surface area contributed by atoms with E-state index in [2.05, 4.69) is 18.7 Å². The summed E-state index contributed by atoms with van der Waals surface area (Å²) in [6.45, 7) is 6.97. The van der Waals surface area contributed by atoms with Crippen LogP contribution in [0.3, 0.4) is 0 Å². The van der Waals surface area contributed by atoms with Gasteiger partial charge in [0.15, 0.2) is 0 Å². The molecule has 1 aliphatic rings. The smallest absolute Gasteiger partial charge is 0.131 e. The van der Waals surface area contributed by atoms with Crippen LogP contribution in [0.2, 0.25) is 0 Å². The maximum absolute atomic E-state index is 14.0. The van der Waals surface area contributed by atoms with Crippen LogP contribution in [0.25, 0.3) is 0 Å². The monoisotopic (exact) mass is 265 g/mol. The van der Waals surface area contributed by atoms with E-state index < -0.39 is 6.10 Å². The summed E-state index contributed by atoms with van der Waals surface area (Å²) in [5, 5.41) is 9.85. The van der Waals surface area contributed by atoms with Crippen molar-refractivity contribution >= 4 is 5.69 Å². The fourth-order valence-electron chi connectivity index (χ4n) is 2.47. The molecule has 1 unspecified atom stereocenters. The van der Waals surface area contributed by atoms with Crippen LogP contribution in [-0.4, -0.2) is 17.7 Å². The first-order valence-electron chi connectivity index (χ1n) is 7.23. The number of nitrogens with zero attached hydrogens (tertiary/aromatic N) is 1. The SMILES string of the molecule is CC(C)CCN(c1cccc(F)c1C(C)O)C1CC1. The minimum absolute atomic E-state index is 0.303. The van der Waals surface area contributed by atoms with Gasteiger partial charge in [0.2, 0.25) is 0 Å². The maximum atomic E-state index is 14.0. The lowest BCUT2D eigenvalue weighted by atomic mass is 10.0. The van der Waals surface area contributed by atoms with Gasteiger partial charge in [-0.1, -0.05) is 19.9 Å². The van der Waals surface area contributed by atoms with Crippen molar-refractivity contribution in [3.63, 3.8) is 0 Å². The molecule has 0 bridgehead atoms. The summed E-state index contributed by atoms with van der Waals surface area (Å²) in [6.07, 6.45) is 2.67. The van der Waals surface area contributed by atoms with E-state index in [9.17, 15) is 9.50 Å². The molecular formula is C16H24FNO. The van der Waals surface area contributed by atoms with E-state index in [4.69, 9.17) is 0 Å². The second kappa shape index (κ2) is 5.91. The van der Waals surface area contributed by atoms with Gasteiger partial charge in [-0.25, -0.2) is 4.39 Å². The molecule has 106 valence electrons. The molecular weight excluding hydrogens is 241 g/mol. The molecule has 0 spiro atoms. The molecule has 1 atom stereocenters. The van der Waals surface area contributed by atoms with Crippen molar-refractivity contribution in [2.75, 3.05) is 11.4 Å². The largest absolute Gasteiger partial charge is 0.389 e. The van der Waals surface area contributed by atoms with Crippen LogP contribution in [0.5, 0.6) is 0 Å². The molecule has 0 amide bonds. The lowest BCUT2D eigenvalue weighted by Crippen LogP contribution is -2.29. The van der Waals surface area contributed by atoms with Crippen molar-refractivity contribution in [3.05, 3.63) is 29.6 Å². The molecule has 0 heterocycles. The van der Waals surface area contributed by atoms with Crippen LogP contribution in [0.15, 0.2) is 18.2 Å². The molecule has 1 aromatic rings. The van der Waals surface area contributed by atoms with Gasteiger partial charge >= 0.3 is 0 Å². The minimum atomic E-state index is -0.767. The summed E-state index contributed by atoms with van der Waals surface area (Å²) in [5.41, 5.74) is 1.32. The lowest BCUT2D eigenvalue weighted by Gasteiger charge is -2.29. The van der Waals surface area contributed by atoms with Gasteiger partial charge in [0, 0.05) is 23.8 Å². The minimum Gasteiger partial charge on any atom is -0.389 e. The number of halogens is 1. The first-order chi connectivity index (χ1) is 9.00. The summed E-state index contributed by atoms with van der Waals surface area (Å²) in [6, 6.07) is 5.63. The van der Waals surface area contributed by atoms with E-state index in [1.807, 2.05) is 6.07 Å². The molecule has 0 aliphatic heterocycles. The highest BCUT2D eigenvalue weighted by Gasteiger charge is 2.31. The molecule has 0 saturated heterocycles. The van der Waals surface area contributed by atoms with Crippen LogP contribution in [-0.2, 0) is 0 Å². The highest BCUT2D eigenvalue weighted by Crippen LogP contribution is 2.37. The van der Waals surface area contributed by atoms with E-state index >= 15 is 0 Å². The third-order valence-electron chi connectivity index (χ3n) is 3.69. The summed E-state index contributed by atoms with van der Waals surface area (Å²) in [5.74, 6) is 0.326. The molecule has 0 aromatic heterocycles. The second-order valence-electron chi connectivity index (χ2n) is 5.96. The van der Waals surface area contributed by atoms with E-state index in [0.29, 0.717) is 17.5 Å². The Morgan fingerprint density at radius 2 is 2.00 bits per heavy atom. The average molecular weight is 265 g/mol. The van der Waals surface area contributed by atoms with E-state index in [-0.39, 0.29) is 5.82 Å². The summed E-state index contributed by atoms with van der Waals surface area (Å²) in [7, 11) is 0. The van der Waals surface area contributed by atoms with Crippen LogP contribution in [0, 0.1) is 11.7 Å². The Balaban J connectivity index is 2.28. The predicted molar refractivity (Wildman–Crippen MR) is 76.9 cm³/mol. The van der Waals surface area contributed by atoms with Crippen LogP contribution < -0.4 is 4.90 Å². The van der Waals surface area contributed by atoms with Gasteiger partial charge in [-0.3, -0.25) is 0 Å². The van der Waals surface area contributed by atoms with Crippen molar-refractivity contribution in [3.8, 4) is 0 Å². The Morgan fingerprint density at radius 3 is 2.53 bits per heavy atom. The molecule has 1 saturated carbocycles. The summed E-state index contributed by atoms with van der Waals surface area (Å²) >= 11 is 0. The maximum Gasteiger partial charge on any atom is 0.131 e. The molecule has 2 rings (SSSR count). The van der Waals surface area contributed by atoms with Crippen molar-refractivity contribution in [2.45, 2.75) is 52.2 Å². The quantitative estimate of drug-likeness (QED) is 0.843. The Hall–Kier alpha value is -1.09. The molecule has 3 heteroatoms. The van der Waals surface area contributed by atoms with E-state index in [0.717, 1.165) is 18.7 Å². The van der Waals surface area contributed by atoms with Crippen LogP contribution >= 0.6 is 0 Å². The number of hydrogen-bond acceptors (Lipinski definition) is 2. The zero-order valence-corrected chi connectivity index (χ0v) is 12.1. The number of rotatable bonds is 6. The van der Waals surface area contributed by atoms with Gasteiger partial charge in [-0.05, 0) is 44.2 Å². The van der Waals surface area contributed by atoms with Crippen molar-refractivity contribution in [1.82, 2.24) is 0 Å². The van der Waals surface area contributed by atoms with Crippen LogP contribution in [0.1, 0.15) is 51.7 Å². The normalized spacial score (nSPS) is 16.7. The topological polar surface area (TPSA) is 23.5 Å². The van der Waals surface area contributed by atoms with Crippen molar-refractivity contribution in [2.24, 2.45) is 5.92 Å². The third kappa shape index (κ3) is 3.47. The number of benzene rings is 1. The third-order valence-corrected chi connectivity index (χ3v) is 3.69. The molecule has 1 aromatic carbocycles. The average Bonchev–Trinajstić information content (AvgIpc) is 3.12. The fourth-order valence-corrected chi connectivity index (χ4v) is 2.47. The molecule has 2 nitrogen and oxygen atoms in total. The summed E-state index contributed by atoms with van der Waals surface area (Å²) in [4.78, 5) is 2.28. The Labute approximate surface area is 115 Å². The number of anilines is 1. The van der Waals surface area contributed by atoms with Crippen molar-refractivity contribution < 1.29 is 9.50 Å². The van der Waals surface area contributed by atoms with Gasteiger partial charge in [0.05, 0.1) is 6.10 Å². The fraction of sp³-hybridized carbons (Fsp3) is 0.625. The zero-order chi connectivity index (χ0) is 14.0. The molecule has 1 fully saturated rings. The zero-order valence-electron chi connectivity index (χ0n) is 12.1. The van der Waals surface area contributed by atoms with Gasteiger partial charge in [-0.2, -0.15) is 0 Å². The molecule has 1 N–H and O–H groups in total. The van der Waals surface area contributed by atoms with Crippen LogP contribution in [0.4, 0.5) is 10.1 Å². The van der Waals surface area contributed by atoms with Gasteiger partial charge in [0.1, 0.15) is 5.82 Å². The van der Waals surface area contributed by atoms with Crippen molar-refractivity contribution in [1.29, 1.82) is 0 Å². The Kier molecular flexibility index (Phi) is 4.46. The van der Waals surface area contributed by atoms with Gasteiger partial charge < -0.3 is 10.0 Å². The molecule has 0 radical (unpaired) electrons. The predicted octanol–water partition coefficient (Wildman–Crippen LogP) is 3.89. The standard InChI is InChI=1S/C16H24FNO/c1-11(2)9-10-18(13-7-8-13)15-6-4-5-14(17)16(15)12(3)19/h4-6,11-13,19H,7-10H2,1-3H3. The summed E-state index contributed by atoms with van der Waals surface area (Å²) < 4.78 is 14.0. The first-order valence-corrected chi connectivity index (χ1v) is 7.23. The number of hydrogen-bond donors (Lipinski definition) is 1. The first kappa shape index (κ1) is 14.3. The highest BCUT2D eigenvalue weighted by molar-refractivity contribution is 5.56. The van der Waals surface area contributed by atoms with E-state index in [1.165, 1.54) is 18.9 Å². The second-order valence-corrected chi connectivity index (χ2v) is 5.96. The Bertz CT molecular complexity index is 427. The van der Waals surface area contributed by atoms with Gasteiger partial charge in [-0.15, -0.1) is 0 Å². The highest BCUT2D eigenvalue weighted by atomic mass is 19.1. The number of aliphatic hydroxyl groups excluding tert-OH is 1. The lowest BCUT2D eigenvalue weighted by molar-refractivity contribution is 0.194. The Morgan fingerprint density at radius 1 is 1.32 bits per heavy atom. The molecule has 1 aliphatic carbocycles.